The summed E-state index contributed by atoms with van der Waals surface area (Å²) >= 11 is 1.24. The lowest BCUT2D eigenvalue weighted by Crippen LogP contribution is -2.07. The predicted molar refractivity (Wildman–Crippen MR) is 82.2 cm³/mol. The van der Waals surface area contributed by atoms with E-state index in [1.807, 2.05) is 0 Å². The molecule has 0 aliphatic rings. The van der Waals surface area contributed by atoms with Crippen LogP contribution >= 0.6 is 11.8 Å². The number of hydrogen-bond donors (Lipinski definition) is 0. The second kappa shape index (κ2) is 7.69. The van der Waals surface area contributed by atoms with E-state index in [0.29, 0.717) is 6.61 Å². The molecule has 1 aromatic heterocycles. The van der Waals surface area contributed by atoms with Crippen LogP contribution in [0.2, 0.25) is 0 Å². The summed E-state index contributed by atoms with van der Waals surface area (Å²) in [6.07, 6.45) is -4.44. The molecule has 130 valence electrons. The topological polar surface area (TPSA) is 65.2 Å². The summed E-state index contributed by atoms with van der Waals surface area (Å²) in [5, 5.41) is 3.42. The number of ether oxygens (including phenoxy) is 1. The summed E-state index contributed by atoms with van der Waals surface area (Å²) in [5.74, 6) is 0.0689. The standard InChI is InChI=1S/C15H15F3N2O3S/c1-3-22-12(21)8-24-9(2)14-19-13(20-23-14)10-5-4-6-11(7-10)15(16,17)18/h4-7,9H,3,8H2,1-2H3. The lowest BCUT2D eigenvalue weighted by molar-refractivity contribution is -0.140. The monoisotopic (exact) mass is 360 g/mol. The van der Waals surface area contributed by atoms with E-state index in [9.17, 15) is 18.0 Å². The molecular weight excluding hydrogens is 345 g/mol. The molecule has 1 heterocycles. The molecule has 0 N–H and O–H groups in total. The molecule has 2 aromatic rings. The predicted octanol–water partition coefficient (Wildman–Crippen LogP) is 4.11. The van der Waals surface area contributed by atoms with Crippen LogP contribution < -0.4 is 0 Å². The highest BCUT2D eigenvalue weighted by Gasteiger charge is 2.30. The normalized spacial score (nSPS) is 12.9. The van der Waals surface area contributed by atoms with E-state index in [2.05, 4.69) is 10.1 Å². The molecule has 0 fully saturated rings. The maximum atomic E-state index is 12.7. The maximum absolute atomic E-state index is 12.7. The molecule has 0 aliphatic heterocycles. The van der Waals surface area contributed by atoms with Gasteiger partial charge in [-0.2, -0.15) is 18.2 Å². The highest BCUT2D eigenvalue weighted by Crippen LogP contribution is 2.32. The number of nitrogens with zero attached hydrogens (tertiary/aromatic N) is 2. The van der Waals surface area contributed by atoms with Gasteiger partial charge in [0.15, 0.2) is 0 Å². The van der Waals surface area contributed by atoms with E-state index in [1.54, 1.807) is 13.8 Å². The summed E-state index contributed by atoms with van der Waals surface area (Å²) in [4.78, 5) is 15.4. The first-order valence-electron chi connectivity index (χ1n) is 7.09. The molecule has 0 spiro atoms. The Labute approximate surface area is 140 Å². The zero-order chi connectivity index (χ0) is 17.7. The molecule has 1 aromatic carbocycles. The average molecular weight is 360 g/mol. The fraction of sp³-hybridized carbons (Fsp3) is 0.400. The number of hydrogen-bond acceptors (Lipinski definition) is 6. The number of halogens is 3. The largest absolute Gasteiger partial charge is 0.465 e. The lowest BCUT2D eigenvalue weighted by Gasteiger charge is -2.07. The van der Waals surface area contributed by atoms with Crippen molar-refractivity contribution in [1.82, 2.24) is 10.1 Å². The Balaban J connectivity index is 2.09. The van der Waals surface area contributed by atoms with Crippen molar-refractivity contribution >= 4 is 17.7 Å². The Bertz CT molecular complexity index is 703. The summed E-state index contributed by atoms with van der Waals surface area (Å²) < 4.78 is 48.1. The van der Waals surface area contributed by atoms with Crippen molar-refractivity contribution in [3.63, 3.8) is 0 Å². The van der Waals surface area contributed by atoms with Crippen molar-refractivity contribution in [2.75, 3.05) is 12.4 Å². The molecule has 0 aliphatic carbocycles. The van der Waals surface area contributed by atoms with Gasteiger partial charge in [0, 0.05) is 5.56 Å². The molecular formula is C15H15F3N2O3S. The number of benzene rings is 1. The molecule has 9 heteroatoms. The summed E-state index contributed by atoms with van der Waals surface area (Å²) in [6, 6.07) is 4.70. The Kier molecular flexibility index (Phi) is 5.87. The number of alkyl halides is 3. The van der Waals surface area contributed by atoms with Crippen molar-refractivity contribution in [3.05, 3.63) is 35.7 Å². The minimum Gasteiger partial charge on any atom is -0.465 e. The average Bonchev–Trinajstić information content (AvgIpc) is 3.02. The van der Waals surface area contributed by atoms with Gasteiger partial charge >= 0.3 is 12.1 Å². The number of aromatic nitrogens is 2. The zero-order valence-electron chi connectivity index (χ0n) is 13.0. The first kappa shape index (κ1) is 18.3. The minimum atomic E-state index is -4.44. The van der Waals surface area contributed by atoms with Gasteiger partial charge < -0.3 is 9.26 Å². The van der Waals surface area contributed by atoms with Gasteiger partial charge in [0.1, 0.15) is 0 Å². The van der Waals surface area contributed by atoms with Gasteiger partial charge in [0.25, 0.3) is 0 Å². The third-order valence-corrected chi connectivity index (χ3v) is 4.10. The van der Waals surface area contributed by atoms with E-state index < -0.39 is 11.7 Å². The highest BCUT2D eigenvalue weighted by atomic mass is 32.2. The fourth-order valence-corrected chi connectivity index (χ4v) is 2.53. The molecule has 1 atom stereocenters. The van der Waals surface area contributed by atoms with Crippen LogP contribution in [0.1, 0.15) is 30.6 Å². The number of thioether (sulfide) groups is 1. The van der Waals surface area contributed by atoms with Gasteiger partial charge in [0.2, 0.25) is 11.7 Å². The van der Waals surface area contributed by atoms with Gasteiger partial charge in [-0.3, -0.25) is 4.79 Å². The van der Waals surface area contributed by atoms with Crippen molar-refractivity contribution < 1.29 is 27.2 Å². The third kappa shape index (κ3) is 4.73. The number of rotatable bonds is 6. The van der Waals surface area contributed by atoms with E-state index >= 15 is 0 Å². The molecule has 2 rings (SSSR count). The quantitative estimate of drug-likeness (QED) is 0.722. The Hall–Kier alpha value is -2.03. The van der Waals surface area contributed by atoms with Crippen LogP contribution in [-0.4, -0.2) is 28.5 Å². The smallest absolute Gasteiger partial charge is 0.416 e. The molecule has 0 saturated carbocycles. The second-order valence-corrected chi connectivity index (χ2v) is 6.12. The van der Waals surface area contributed by atoms with Crippen LogP contribution in [0.3, 0.4) is 0 Å². The molecule has 0 bridgehead atoms. The van der Waals surface area contributed by atoms with Crippen molar-refractivity contribution in [1.29, 1.82) is 0 Å². The van der Waals surface area contributed by atoms with E-state index in [4.69, 9.17) is 9.26 Å². The van der Waals surface area contributed by atoms with E-state index in [0.717, 1.165) is 12.1 Å². The summed E-state index contributed by atoms with van der Waals surface area (Å²) in [6.45, 7) is 3.77. The van der Waals surface area contributed by atoms with Gasteiger partial charge in [-0.15, -0.1) is 11.8 Å². The molecule has 0 radical (unpaired) electrons. The molecule has 0 saturated heterocycles. The van der Waals surface area contributed by atoms with E-state index in [-0.39, 0.29) is 34.3 Å². The molecule has 1 unspecified atom stereocenters. The number of carbonyl (C=O) groups excluding carboxylic acids is 1. The van der Waals surface area contributed by atoms with E-state index in [1.165, 1.54) is 23.9 Å². The SMILES string of the molecule is CCOC(=O)CSC(C)c1nc(-c2cccc(C(F)(F)F)c2)no1. The zero-order valence-corrected chi connectivity index (χ0v) is 13.8. The minimum absolute atomic E-state index is 0.0692. The number of esters is 1. The fourth-order valence-electron chi connectivity index (χ4n) is 1.82. The van der Waals surface area contributed by atoms with Gasteiger partial charge in [-0.05, 0) is 26.0 Å². The van der Waals surface area contributed by atoms with Crippen LogP contribution in [0.25, 0.3) is 11.4 Å². The second-order valence-electron chi connectivity index (χ2n) is 4.79. The first-order valence-corrected chi connectivity index (χ1v) is 8.14. The molecule has 0 amide bonds. The number of carbonyl (C=O) groups is 1. The van der Waals surface area contributed by atoms with Crippen molar-refractivity contribution in [2.45, 2.75) is 25.3 Å². The molecule has 24 heavy (non-hydrogen) atoms. The Morgan fingerprint density at radius 3 is 2.83 bits per heavy atom. The van der Waals surface area contributed by atoms with Crippen molar-refractivity contribution in [3.8, 4) is 11.4 Å². The summed E-state index contributed by atoms with van der Waals surface area (Å²) in [7, 11) is 0. The van der Waals surface area contributed by atoms with Crippen LogP contribution in [0.15, 0.2) is 28.8 Å². The molecule has 5 nitrogen and oxygen atoms in total. The Morgan fingerprint density at radius 2 is 2.17 bits per heavy atom. The summed E-state index contributed by atoms with van der Waals surface area (Å²) in [5.41, 5.74) is -0.571. The van der Waals surface area contributed by atoms with Crippen molar-refractivity contribution in [2.24, 2.45) is 0 Å². The van der Waals surface area contributed by atoms with Gasteiger partial charge in [-0.1, -0.05) is 17.3 Å². The lowest BCUT2D eigenvalue weighted by atomic mass is 10.1. The van der Waals surface area contributed by atoms with Crippen LogP contribution in [0, 0.1) is 0 Å². The first-order chi connectivity index (χ1) is 11.3. The third-order valence-electron chi connectivity index (χ3n) is 2.99. The van der Waals surface area contributed by atoms with Crippen LogP contribution in [-0.2, 0) is 15.7 Å². The van der Waals surface area contributed by atoms with Crippen LogP contribution in [0.5, 0.6) is 0 Å². The van der Waals surface area contributed by atoms with Crippen LogP contribution in [0.4, 0.5) is 13.2 Å². The maximum Gasteiger partial charge on any atom is 0.416 e. The Morgan fingerprint density at radius 1 is 1.42 bits per heavy atom. The highest BCUT2D eigenvalue weighted by molar-refractivity contribution is 8.00. The van der Waals surface area contributed by atoms with Gasteiger partial charge in [0.05, 0.1) is 23.2 Å². The van der Waals surface area contributed by atoms with Gasteiger partial charge in [-0.25, -0.2) is 0 Å².